The lowest BCUT2D eigenvalue weighted by Crippen LogP contribution is -2.32. The number of H-pyrrole nitrogens is 1. The summed E-state index contributed by atoms with van der Waals surface area (Å²) in [5.74, 6) is -0.174. The summed E-state index contributed by atoms with van der Waals surface area (Å²) in [5.41, 5.74) is 0.436. The molecule has 6 heteroatoms. The molecule has 1 heterocycles. The summed E-state index contributed by atoms with van der Waals surface area (Å²) in [6.07, 6.45) is 0. The number of benzene rings is 1. The number of rotatable bonds is 2. The average molecular weight is 263 g/mol. The van der Waals surface area contributed by atoms with E-state index in [1.165, 1.54) is 9.47 Å². The van der Waals surface area contributed by atoms with Crippen LogP contribution in [0.3, 0.4) is 0 Å². The molecule has 0 bridgehead atoms. The van der Waals surface area contributed by atoms with Crippen molar-refractivity contribution in [1.29, 1.82) is 0 Å². The second-order valence-corrected chi connectivity index (χ2v) is 4.54. The van der Waals surface area contributed by atoms with Gasteiger partial charge in [-0.3, -0.25) is 14.2 Å². The number of nitrogens with zero attached hydrogens (tertiary/aromatic N) is 2. The van der Waals surface area contributed by atoms with Crippen LogP contribution in [0, 0.1) is 4.77 Å². The summed E-state index contributed by atoms with van der Waals surface area (Å²) in [6.45, 7) is -0.0496. The molecule has 1 N–H and O–H groups in total. The van der Waals surface area contributed by atoms with E-state index in [1.807, 2.05) is 6.07 Å². The van der Waals surface area contributed by atoms with Gasteiger partial charge in [0, 0.05) is 14.1 Å². The van der Waals surface area contributed by atoms with Gasteiger partial charge in [-0.2, -0.15) is 0 Å². The molecule has 2 rings (SSSR count). The van der Waals surface area contributed by atoms with Gasteiger partial charge in [-0.25, -0.2) is 0 Å². The maximum atomic E-state index is 12.2. The van der Waals surface area contributed by atoms with Crippen molar-refractivity contribution >= 4 is 29.0 Å². The number of hydrogen-bond acceptors (Lipinski definition) is 3. The van der Waals surface area contributed by atoms with Gasteiger partial charge in [0.2, 0.25) is 5.91 Å². The van der Waals surface area contributed by atoms with Crippen molar-refractivity contribution in [2.75, 3.05) is 14.1 Å². The molecular formula is C12H13N3O2S. The van der Waals surface area contributed by atoms with E-state index in [0.29, 0.717) is 10.9 Å². The number of likely N-dealkylation sites (N-methyl/N-ethyl adjacent to an activating group) is 1. The average Bonchev–Trinajstić information content (AvgIpc) is 2.34. The molecule has 0 atom stereocenters. The van der Waals surface area contributed by atoms with E-state index in [-0.39, 0.29) is 22.8 Å². The van der Waals surface area contributed by atoms with Crippen LogP contribution in [0.15, 0.2) is 29.1 Å². The van der Waals surface area contributed by atoms with Crippen LogP contribution >= 0.6 is 12.2 Å². The zero-order chi connectivity index (χ0) is 13.3. The van der Waals surface area contributed by atoms with E-state index in [9.17, 15) is 9.59 Å². The van der Waals surface area contributed by atoms with Crippen LogP contribution in [0.25, 0.3) is 10.9 Å². The fourth-order valence-electron chi connectivity index (χ4n) is 1.62. The van der Waals surface area contributed by atoms with Gasteiger partial charge < -0.3 is 9.88 Å². The normalized spacial score (nSPS) is 10.6. The first-order valence-corrected chi connectivity index (χ1v) is 5.83. The van der Waals surface area contributed by atoms with Crippen LogP contribution in [0.5, 0.6) is 0 Å². The summed E-state index contributed by atoms with van der Waals surface area (Å²) in [7, 11) is 3.28. The van der Waals surface area contributed by atoms with Gasteiger partial charge in [-0.05, 0) is 24.4 Å². The molecule has 0 saturated heterocycles. The first kappa shape index (κ1) is 12.5. The maximum absolute atomic E-state index is 12.2. The van der Waals surface area contributed by atoms with Crippen molar-refractivity contribution in [2.45, 2.75) is 6.54 Å². The Morgan fingerprint density at radius 3 is 2.72 bits per heavy atom. The third-order valence-corrected chi connectivity index (χ3v) is 3.00. The van der Waals surface area contributed by atoms with E-state index in [4.69, 9.17) is 12.2 Å². The van der Waals surface area contributed by atoms with Crippen molar-refractivity contribution in [3.8, 4) is 0 Å². The molecule has 18 heavy (non-hydrogen) atoms. The van der Waals surface area contributed by atoms with Crippen molar-refractivity contribution in [1.82, 2.24) is 14.5 Å². The summed E-state index contributed by atoms with van der Waals surface area (Å²) in [4.78, 5) is 28.2. The minimum atomic E-state index is -0.246. The van der Waals surface area contributed by atoms with E-state index in [1.54, 1.807) is 32.3 Å². The number of carbonyl (C=O) groups excluding carboxylic acids is 1. The van der Waals surface area contributed by atoms with Gasteiger partial charge >= 0.3 is 0 Å². The lowest BCUT2D eigenvalue weighted by Gasteiger charge is -2.12. The largest absolute Gasteiger partial charge is 0.347 e. The monoisotopic (exact) mass is 263 g/mol. The van der Waals surface area contributed by atoms with E-state index in [0.717, 1.165) is 0 Å². The van der Waals surface area contributed by atoms with Crippen molar-refractivity contribution in [3.63, 3.8) is 0 Å². The third-order valence-electron chi connectivity index (χ3n) is 2.68. The lowest BCUT2D eigenvalue weighted by molar-refractivity contribution is -0.129. The molecule has 2 aromatic rings. The van der Waals surface area contributed by atoms with Crippen LogP contribution in [-0.4, -0.2) is 34.5 Å². The summed E-state index contributed by atoms with van der Waals surface area (Å²) < 4.78 is 1.54. The second-order valence-electron chi connectivity index (χ2n) is 4.16. The highest BCUT2D eigenvalue weighted by Gasteiger charge is 2.10. The Morgan fingerprint density at radius 2 is 2.06 bits per heavy atom. The Kier molecular flexibility index (Phi) is 3.29. The molecule has 0 aliphatic carbocycles. The van der Waals surface area contributed by atoms with E-state index < -0.39 is 0 Å². The lowest BCUT2D eigenvalue weighted by atomic mass is 10.2. The number of aromatic nitrogens is 2. The molecule has 0 spiro atoms. The topological polar surface area (TPSA) is 58.1 Å². The Balaban J connectivity index is 2.62. The second kappa shape index (κ2) is 4.73. The number of hydrogen-bond donors (Lipinski definition) is 1. The van der Waals surface area contributed by atoms with E-state index >= 15 is 0 Å². The number of fused-ring (bicyclic) bond motifs is 1. The SMILES string of the molecule is CN(C)C(=O)Cn1c(=S)[nH]c2ccccc2c1=O. The molecule has 0 unspecified atom stereocenters. The molecule has 0 saturated carbocycles. The number of carbonyl (C=O) groups is 1. The van der Waals surface area contributed by atoms with Crippen LogP contribution < -0.4 is 5.56 Å². The minimum Gasteiger partial charge on any atom is -0.347 e. The standard InChI is InChI=1S/C12H13N3O2S/c1-14(2)10(16)7-15-11(17)8-5-3-4-6-9(8)13-12(15)18/h3-6H,7H2,1-2H3,(H,13,18). The highest BCUT2D eigenvalue weighted by molar-refractivity contribution is 7.71. The maximum Gasteiger partial charge on any atom is 0.262 e. The minimum absolute atomic E-state index is 0.0496. The highest BCUT2D eigenvalue weighted by Crippen LogP contribution is 2.05. The van der Waals surface area contributed by atoms with Crippen LogP contribution in [-0.2, 0) is 11.3 Å². The summed E-state index contributed by atoms with van der Waals surface area (Å²) in [5, 5.41) is 0.526. The first-order valence-electron chi connectivity index (χ1n) is 5.42. The van der Waals surface area contributed by atoms with Gasteiger partial charge in [0.05, 0.1) is 10.9 Å². The predicted octanol–water partition coefficient (Wildman–Crippen LogP) is 1.15. The molecule has 94 valence electrons. The molecule has 1 aromatic heterocycles. The first-order chi connectivity index (χ1) is 8.50. The highest BCUT2D eigenvalue weighted by atomic mass is 32.1. The van der Waals surface area contributed by atoms with Crippen molar-refractivity contribution in [2.24, 2.45) is 0 Å². The van der Waals surface area contributed by atoms with Gasteiger partial charge in [-0.1, -0.05) is 12.1 Å². The van der Waals surface area contributed by atoms with Gasteiger partial charge in [0.25, 0.3) is 5.56 Å². The molecule has 0 aliphatic heterocycles. The van der Waals surface area contributed by atoms with Gasteiger partial charge in [0.15, 0.2) is 4.77 Å². The Bertz CT molecular complexity index is 715. The Hall–Kier alpha value is -1.95. The van der Waals surface area contributed by atoms with Crippen molar-refractivity contribution < 1.29 is 4.79 Å². The summed E-state index contributed by atoms with van der Waals surface area (Å²) >= 11 is 5.11. The van der Waals surface area contributed by atoms with Crippen LogP contribution in [0.2, 0.25) is 0 Å². The van der Waals surface area contributed by atoms with Crippen molar-refractivity contribution in [3.05, 3.63) is 39.4 Å². The Labute approximate surface area is 109 Å². The van der Waals surface area contributed by atoms with Crippen LogP contribution in [0.4, 0.5) is 0 Å². The Morgan fingerprint density at radius 1 is 1.39 bits per heavy atom. The number of para-hydroxylation sites is 1. The fourth-order valence-corrected chi connectivity index (χ4v) is 1.88. The quantitative estimate of drug-likeness (QED) is 0.827. The van der Waals surface area contributed by atoms with E-state index in [2.05, 4.69) is 4.98 Å². The zero-order valence-corrected chi connectivity index (χ0v) is 11.0. The molecule has 5 nitrogen and oxygen atoms in total. The molecule has 1 amide bonds. The molecular weight excluding hydrogens is 250 g/mol. The number of amides is 1. The van der Waals surface area contributed by atoms with Crippen LogP contribution in [0.1, 0.15) is 0 Å². The smallest absolute Gasteiger partial charge is 0.262 e. The third kappa shape index (κ3) is 2.19. The number of nitrogens with one attached hydrogen (secondary N) is 1. The van der Waals surface area contributed by atoms with Gasteiger partial charge in [-0.15, -0.1) is 0 Å². The molecule has 0 fully saturated rings. The summed E-state index contributed by atoms with van der Waals surface area (Å²) in [6, 6.07) is 7.09. The molecule has 0 radical (unpaired) electrons. The van der Waals surface area contributed by atoms with Gasteiger partial charge in [0.1, 0.15) is 6.54 Å². The molecule has 0 aliphatic rings. The predicted molar refractivity (Wildman–Crippen MR) is 72.1 cm³/mol. The fraction of sp³-hybridized carbons (Fsp3) is 0.250. The number of aromatic amines is 1. The molecule has 1 aromatic carbocycles. The zero-order valence-electron chi connectivity index (χ0n) is 10.1.